The van der Waals surface area contributed by atoms with Gasteiger partial charge < -0.3 is 9.47 Å². The van der Waals surface area contributed by atoms with Crippen molar-refractivity contribution >= 4 is 5.78 Å². The van der Waals surface area contributed by atoms with Gasteiger partial charge in [0.1, 0.15) is 0 Å². The van der Waals surface area contributed by atoms with E-state index < -0.39 is 0 Å². The van der Waals surface area contributed by atoms with Gasteiger partial charge in [0.25, 0.3) is 0 Å². The number of rotatable bonds is 4. The van der Waals surface area contributed by atoms with Crippen molar-refractivity contribution < 1.29 is 14.3 Å². The van der Waals surface area contributed by atoms with Crippen LogP contribution in [0.3, 0.4) is 0 Å². The molecule has 3 heteroatoms. The number of carbonyl (C=O) groups excluding carboxylic acids is 1. The van der Waals surface area contributed by atoms with Crippen molar-refractivity contribution in [1.29, 1.82) is 0 Å². The second-order valence-electron chi connectivity index (χ2n) is 4.40. The quantitative estimate of drug-likeness (QED) is 0.731. The molecule has 16 heavy (non-hydrogen) atoms. The van der Waals surface area contributed by atoms with Crippen molar-refractivity contribution in [2.45, 2.75) is 26.7 Å². The van der Waals surface area contributed by atoms with Gasteiger partial charge in [0.2, 0.25) is 6.79 Å². The Bertz CT molecular complexity index is 396. The molecule has 86 valence electrons. The van der Waals surface area contributed by atoms with Gasteiger partial charge in [-0.25, -0.2) is 0 Å². The summed E-state index contributed by atoms with van der Waals surface area (Å²) >= 11 is 0. The topological polar surface area (TPSA) is 35.5 Å². The number of fused-ring (bicyclic) bond motifs is 1. The van der Waals surface area contributed by atoms with E-state index >= 15 is 0 Å². The summed E-state index contributed by atoms with van der Waals surface area (Å²) in [5.74, 6) is 1.96. The van der Waals surface area contributed by atoms with E-state index in [0.29, 0.717) is 29.4 Å². The zero-order valence-electron chi connectivity index (χ0n) is 9.66. The molecule has 1 aliphatic rings. The largest absolute Gasteiger partial charge is 0.454 e. The van der Waals surface area contributed by atoms with E-state index in [4.69, 9.17) is 9.47 Å². The smallest absolute Gasteiger partial charge is 0.231 e. The van der Waals surface area contributed by atoms with Crippen LogP contribution in [0.15, 0.2) is 18.2 Å². The van der Waals surface area contributed by atoms with Crippen LogP contribution in [0.5, 0.6) is 11.5 Å². The fourth-order valence-corrected chi connectivity index (χ4v) is 1.70. The van der Waals surface area contributed by atoms with E-state index in [-0.39, 0.29) is 12.6 Å². The maximum absolute atomic E-state index is 12.0. The maximum Gasteiger partial charge on any atom is 0.231 e. The Balaban J connectivity index is 2.15. The Kier molecular flexibility index (Phi) is 3.13. The van der Waals surface area contributed by atoms with Crippen LogP contribution in [0, 0.1) is 5.92 Å². The SMILES string of the molecule is CC(C)CCC(=O)c1cccc2c1OCO2. The Morgan fingerprint density at radius 1 is 1.38 bits per heavy atom. The molecule has 2 rings (SSSR count). The average molecular weight is 220 g/mol. The lowest BCUT2D eigenvalue weighted by Gasteiger charge is -2.06. The summed E-state index contributed by atoms with van der Waals surface area (Å²) in [5, 5.41) is 0. The van der Waals surface area contributed by atoms with Gasteiger partial charge in [-0.05, 0) is 24.5 Å². The molecule has 0 fully saturated rings. The minimum atomic E-state index is 0.135. The molecule has 1 aromatic carbocycles. The van der Waals surface area contributed by atoms with Gasteiger partial charge in [-0.2, -0.15) is 0 Å². The Morgan fingerprint density at radius 2 is 2.19 bits per heavy atom. The van der Waals surface area contributed by atoms with Crippen molar-refractivity contribution in [2.75, 3.05) is 6.79 Å². The molecule has 0 aliphatic carbocycles. The number of ether oxygens (including phenoxy) is 2. The van der Waals surface area contributed by atoms with Crippen LogP contribution in [0.2, 0.25) is 0 Å². The number of hydrogen-bond donors (Lipinski definition) is 0. The van der Waals surface area contributed by atoms with Crippen LogP contribution < -0.4 is 9.47 Å². The van der Waals surface area contributed by atoms with Crippen molar-refractivity contribution in [3.8, 4) is 11.5 Å². The van der Waals surface area contributed by atoms with E-state index in [2.05, 4.69) is 13.8 Å². The molecule has 3 nitrogen and oxygen atoms in total. The predicted octanol–water partition coefficient (Wildman–Crippen LogP) is 3.03. The molecule has 0 radical (unpaired) electrons. The van der Waals surface area contributed by atoms with E-state index in [0.717, 1.165) is 6.42 Å². The molecule has 0 aromatic heterocycles. The van der Waals surface area contributed by atoms with Crippen molar-refractivity contribution in [2.24, 2.45) is 5.92 Å². The molecule has 1 heterocycles. The molecule has 0 unspecified atom stereocenters. The number of hydrogen-bond acceptors (Lipinski definition) is 3. The molecule has 1 aliphatic heterocycles. The van der Waals surface area contributed by atoms with Gasteiger partial charge in [0.15, 0.2) is 17.3 Å². The molecule has 0 spiro atoms. The van der Waals surface area contributed by atoms with Gasteiger partial charge in [-0.3, -0.25) is 4.79 Å². The van der Waals surface area contributed by atoms with E-state index in [1.165, 1.54) is 0 Å². The summed E-state index contributed by atoms with van der Waals surface area (Å²) in [6.45, 7) is 4.44. The second kappa shape index (κ2) is 4.56. The highest BCUT2D eigenvalue weighted by atomic mass is 16.7. The lowest BCUT2D eigenvalue weighted by Crippen LogP contribution is -2.03. The van der Waals surface area contributed by atoms with Crippen molar-refractivity contribution in [1.82, 2.24) is 0 Å². The first kappa shape index (κ1) is 11.0. The third kappa shape index (κ3) is 2.18. The Labute approximate surface area is 95.4 Å². The minimum Gasteiger partial charge on any atom is -0.454 e. The fraction of sp³-hybridized carbons (Fsp3) is 0.462. The third-order valence-corrected chi connectivity index (χ3v) is 2.65. The third-order valence-electron chi connectivity index (χ3n) is 2.65. The first-order valence-corrected chi connectivity index (χ1v) is 5.60. The molecule has 1 aromatic rings. The number of Topliss-reactive ketones (excluding diaryl/α,β-unsaturated/α-hetero) is 1. The highest BCUT2D eigenvalue weighted by molar-refractivity contribution is 5.99. The monoisotopic (exact) mass is 220 g/mol. The number of carbonyl (C=O) groups is 1. The number of para-hydroxylation sites is 1. The average Bonchev–Trinajstić information content (AvgIpc) is 2.73. The summed E-state index contributed by atoms with van der Waals surface area (Å²) in [6, 6.07) is 5.45. The minimum absolute atomic E-state index is 0.135. The van der Waals surface area contributed by atoms with Crippen molar-refractivity contribution in [3.63, 3.8) is 0 Å². The molecule has 0 N–H and O–H groups in total. The van der Waals surface area contributed by atoms with Gasteiger partial charge >= 0.3 is 0 Å². The summed E-state index contributed by atoms with van der Waals surface area (Å²) in [5.41, 5.74) is 0.649. The van der Waals surface area contributed by atoms with E-state index in [1.54, 1.807) is 6.07 Å². The molecule has 0 saturated carbocycles. The normalized spacial score (nSPS) is 13.2. The molecule has 0 amide bonds. The van der Waals surface area contributed by atoms with Gasteiger partial charge in [0.05, 0.1) is 5.56 Å². The Hall–Kier alpha value is -1.51. The maximum atomic E-state index is 12.0. The van der Waals surface area contributed by atoms with Gasteiger partial charge in [-0.15, -0.1) is 0 Å². The summed E-state index contributed by atoms with van der Waals surface area (Å²) in [6.07, 6.45) is 1.47. The lowest BCUT2D eigenvalue weighted by atomic mass is 10.0. The Morgan fingerprint density at radius 3 is 2.94 bits per heavy atom. The van der Waals surface area contributed by atoms with Gasteiger partial charge in [0, 0.05) is 6.42 Å². The zero-order valence-corrected chi connectivity index (χ0v) is 9.66. The number of ketones is 1. The first-order chi connectivity index (χ1) is 7.68. The van der Waals surface area contributed by atoms with Crippen molar-refractivity contribution in [3.05, 3.63) is 23.8 Å². The standard InChI is InChI=1S/C13H16O3/c1-9(2)6-7-11(14)10-4-3-5-12-13(10)16-8-15-12/h3-5,9H,6-8H2,1-2H3. The van der Waals surface area contributed by atoms with E-state index in [1.807, 2.05) is 12.1 Å². The summed E-state index contributed by atoms with van der Waals surface area (Å²) < 4.78 is 10.6. The van der Waals surface area contributed by atoms with Crippen LogP contribution in [-0.2, 0) is 0 Å². The van der Waals surface area contributed by atoms with Gasteiger partial charge in [-0.1, -0.05) is 19.9 Å². The van der Waals surface area contributed by atoms with E-state index in [9.17, 15) is 4.79 Å². The summed E-state index contributed by atoms with van der Waals surface area (Å²) in [4.78, 5) is 12.0. The zero-order chi connectivity index (χ0) is 11.5. The molecular formula is C13H16O3. The first-order valence-electron chi connectivity index (χ1n) is 5.60. The number of benzene rings is 1. The van der Waals surface area contributed by atoms with Crippen LogP contribution >= 0.6 is 0 Å². The van der Waals surface area contributed by atoms with Crippen LogP contribution in [0.25, 0.3) is 0 Å². The highest BCUT2D eigenvalue weighted by Gasteiger charge is 2.21. The lowest BCUT2D eigenvalue weighted by molar-refractivity contribution is 0.0971. The molecule has 0 atom stereocenters. The van der Waals surface area contributed by atoms with Crippen LogP contribution in [0.4, 0.5) is 0 Å². The van der Waals surface area contributed by atoms with Crippen LogP contribution in [-0.4, -0.2) is 12.6 Å². The molecular weight excluding hydrogens is 204 g/mol. The predicted molar refractivity (Wildman–Crippen MR) is 61.0 cm³/mol. The second-order valence-corrected chi connectivity index (χ2v) is 4.40. The summed E-state index contributed by atoms with van der Waals surface area (Å²) in [7, 11) is 0. The fourth-order valence-electron chi connectivity index (χ4n) is 1.70. The molecule has 0 saturated heterocycles. The van der Waals surface area contributed by atoms with Crippen LogP contribution in [0.1, 0.15) is 37.0 Å². The molecule has 0 bridgehead atoms. The highest BCUT2D eigenvalue weighted by Crippen LogP contribution is 2.36.